The summed E-state index contributed by atoms with van der Waals surface area (Å²) in [5.41, 5.74) is 4.44. The summed E-state index contributed by atoms with van der Waals surface area (Å²) < 4.78 is 5.50. The summed E-state index contributed by atoms with van der Waals surface area (Å²) in [5, 5.41) is 3.85. The van der Waals surface area contributed by atoms with Crippen LogP contribution in [0.3, 0.4) is 0 Å². The van der Waals surface area contributed by atoms with Gasteiger partial charge in [-0.3, -0.25) is 9.69 Å². The molecule has 0 bridgehead atoms. The SMILES string of the molecule is O=C(CCc1ccc(-c2ccccc2)[nH]1)NCC(c1ccc(Cl)cc1)N1CCOCC1. The van der Waals surface area contributed by atoms with Crippen LogP contribution >= 0.6 is 11.6 Å². The molecule has 1 amide bonds. The van der Waals surface area contributed by atoms with Crippen molar-refractivity contribution in [2.45, 2.75) is 18.9 Å². The molecule has 0 radical (unpaired) electrons. The molecule has 3 aromatic rings. The summed E-state index contributed by atoms with van der Waals surface area (Å²) in [5.74, 6) is 0.0584. The first-order valence-corrected chi connectivity index (χ1v) is 11.1. The Morgan fingerprint density at radius 3 is 2.52 bits per heavy atom. The number of nitrogens with zero attached hydrogens (tertiary/aromatic N) is 1. The highest BCUT2D eigenvalue weighted by Gasteiger charge is 2.23. The Hall–Kier alpha value is -2.60. The van der Waals surface area contributed by atoms with Crippen molar-refractivity contribution in [1.29, 1.82) is 0 Å². The van der Waals surface area contributed by atoms with Gasteiger partial charge in [-0.1, -0.05) is 54.1 Å². The number of hydrogen-bond donors (Lipinski definition) is 2. The second-order valence-electron chi connectivity index (χ2n) is 7.78. The molecule has 162 valence electrons. The Bertz CT molecular complexity index is 966. The molecular formula is C25H28ClN3O2. The van der Waals surface area contributed by atoms with Crippen LogP contribution in [0, 0.1) is 0 Å². The number of aromatic nitrogens is 1. The average molecular weight is 438 g/mol. The smallest absolute Gasteiger partial charge is 0.220 e. The van der Waals surface area contributed by atoms with Crippen LogP contribution in [0.4, 0.5) is 0 Å². The van der Waals surface area contributed by atoms with Gasteiger partial charge in [-0.15, -0.1) is 0 Å². The van der Waals surface area contributed by atoms with Crippen molar-refractivity contribution in [1.82, 2.24) is 15.2 Å². The van der Waals surface area contributed by atoms with E-state index in [4.69, 9.17) is 16.3 Å². The molecule has 1 aromatic heterocycles. The third-order valence-corrected chi connectivity index (χ3v) is 5.94. The number of hydrogen-bond acceptors (Lipinski definition) is 3. The van der Waals surface area contributed by atoms with Gasteiger partial charge in [-0.05, 0) is 41.8 Å². The van der Waals surface area contributed by atoms with Crippen molar-refractivity contribution in [3.8, 4) is 11.3 Å². The number of ether oxygens (including phenoxy) is 1. The largest absolute Gasteiger partial charge is 0.379 e. The Morgan fingerprint density at radius 2 is 1.77 bits per heavy atom. The molecule has 5 nitrogen and oxygen atoms in total. The van der Waals surface area contributed by atoms with E-state index in [9.17, 15) is 4.79 Å². The van der Waals surface area contributed by atoms with Crippen LogP contribution in [-0.2, 0) is 16.0 Å². The minimum absolute atomic E-state index is 0.0584. The third-order valence-electron chi connectivity index (χ3n) is 5.69. The molecule has 2 aromatic carbocycles. The van der Waals surface area contributed by atoms with Crippen molar-refractivity contribution < 1.29 is 9.53 Å². The fraction of sp³-hybridized carbons (Fsp3) is 0.320. The van der Waals surface area contributed by atoms with E-state index < -0.39 is 0 Å². The highest BCUT2D eigenvalue weighted by atomic mass is 35.5. The predicted octanol–water partition coefficient (Wildman–Crippen LogP) is 4.46. The van der Waals surface area contributed by atoms with Gasteiger partial charge in [0.2, 0.25) is 5.91 Å². The van der Waals surface area contributed by atoms with Crippen molar-refractivity contribution >= 4 is 17.5 Å². The fourth-order valence-electron chi connectivity index (χ4n) is 3.95. The van der Waals surface area contributed by atoms with Crippen LogP contribution in [0.25, 0.3) is 11.3 Å². The maximum Gasteiger partial charge on any atom is 0.220 e. The van der Waals surface area contributed by atoms with Crippen molar-refractivity contribution in [2.75, 3.05) is 32.8 Å². The topological polar surface area (TPSA) is 57.4 Å². The number of rotatable bonds is 8. The molecule has 4 rings (SSSR count). The highest BCUT2D eigenvalue weighted by molar-refractivity contribution is 6.30. The lowest BCUT2D eigenvalue weighted by molar-refractivity contribution is -0.121. The maximum atomic E-state index is 12.6. The molecule has 2 N–H and O–H groups in total. The Labute approximate surface area is 188 Å². The number of carbonyl (C=O) groups is 1. The van der Waals surface area contributed by atoms with Gasteiger partial charge in [0.05, 0.1) is 19.3 Å². The fourth-order valence-corrected chi connectivity index (χ4v) is 4.08. The summed E-state index contributed by atoms with van der Waals surface area (Å²) in [4.78, 5) is 18.4. The van der Waals surface area contributed by atoms with Crippen LogP contribution in [0.2, 0.25) is 5.02 Å². The van der Waals surface area contributed by atoms with Crippen LogP contribution in [-0.4, -0.2) is 48.6 Å². The lowest BCUT2D eigenvalue weighted by atomic mass is 10.0. The van der Waals surface area contributed by atoms with E-state index in [1.165, 1.54) is 0 Å². The van der Waals surface area contributed by atoms with Crippen molar-refractivity contribution in [2.24, 2.45) is 0 Å². The zero-order chi connectivity index (χ0) is 21.5. The quantitative estimate of drug-likeness (QED) is 0.547. The summed E-state index contributed by atoms with van der Waals surface area (Å²) in [6.45, 7) is 3.71. The zero-order valence-electron chi connectivity index (χ0n) is 17.5. The van der Waals surface area contributed by atoms with Gasteiger partial charge >= 0.3 is 0 Å². The van der Waals surface area contributed by atoms with E-state index in [1.54, 1.807) is 0 Å². The number of benzene rings is 2. The van der Waals surface area contributed by atoms with Gasteiger partial charge in [0.15, 0.2) is 0 Å². The monoisotopic (exact) mass is 437 g/mol. The maximum absolute atomic E-state index is 12.6. The van der Waals surface area contributed by atoms with Gasteiger partial charge in [0.25, 0.3) is 0 Å². The first kappa shape index (κ1) is 21.6. The standard InChI is InChI=1S/C25H28ClN3O2/c26-21-8-6-20(7-9-21)24(29-14-16-31-17-15-29)18-27-25(30)13-11-22-10-12-23(28-22)19-4-2-1-3-5-19/h1-10,12,24,28H,11,13-18H2,(H,27,30). The Kier molecular flexibility index (Phi) is 7.41. The lowest BCUT2D eigenvalue weighted by Crippen LogP contribution is -2.43. The molecule has 1 aliphatic heterocycles. The van der Waals surface area contributed by atoms with Crippen LogP contribution in [0.5, 0.6) is 0 Å². The van der Waals surface area contributed by atoms with Crippen molar-refractivity contribution in [3.63, 3.8) is 0 Å². The van der Waals surface area contributed by atoms with E-state index >= 15 is 0 Å². The van der Waals surface area contributed by atoms with Crippen molar-refractivity contribution in [3.05, 3.63) is 83.0 Å². The molecule has 6 heteroatoms. The summed E-state index contributed by atoms with van der Waals surface area (Å²) in [7, 11) is 0. The molecule has 1 unspecified atom stereocenters. The normalized spacial score (nSPS) is 15.5. The number of aryl methyl sites for hydroxylation is 1. The van der Waals surface area contributed by atoms with E-state index in [0.717, 1.165) is 35.6 Å². The number of aromatic amines is 1. The molecule has 2 heterocycles. The average Bonchev–Trinajstić information content (AvgIpc) is 3.29. The minimum atomic E-state index is 0.0584. The molecule has 1 aliphatic rings. The van der Waals surface area contributed by atoms with Crippen LogP contribution in [0.1, 0.15) is 23.7 Å². The first-order chi connectivity index (χ1) is 15.2. The lowest BCUT2D eigenvalue weighted by Gasteiger charge is -2.35. The minimum Gasteiger partial charge on any atom is -0.379 e. The molecule has 0 spiro atoms. The second-order valence-corrected chi connectivity index (χ2v) is 8.22. The first-order valence-electron chi connectivity index (χ1n) is 10.8. The molecule has 1 fully saturated rings. The Morgan fingerprint density at radius 1 is 1.03 bits per heavy atom. The number of amides is 1. The van der Waals surface area contributed by atoms with Gasteiger partial charge in [0, 0.05) is 42.5 Å². The van der Waals surface area contributed by atoms with Gasteiger partial charge in [-0.25, -0.2) is 0 Å². The number of nitrogens with one attached hydrogen (secondary N) is 2. The van der Waals surface area contributed by atoms with Gasteiger partial charge in [0.1, 0.15) is 0 Å². The summed E-state index contributed by atoms with van der Waals surface area (Å²) in [6.07, 6.45) is 1.13. The predicted molar refractivity (Wildman–Crippen MR) is 124 cm³/mol. The Balaban J connectivity index is 1.32. The van der Waals surface area contributed by atoms with E-state index in [0.29, 0.717) is 37.6 Å². The number of halogens is 1. The number of morpholine rings is 1. The highest BCUT2D eigenvalue weighted by Crippen LogP contribution is 2.23. The van der Waals surface area contributed by atoms with Crippen LogP contribution in [0.15, 0.2) is 66.7 Å². The zero-order valence-corrected chi connectivity index (χ0v) is 18.3. The third kappa shape index (κ3) is 5.97. The van der Waals surface area contributed by atoms with E-state index in [-0.39, 0.29) is 11.9 Å². The van der Waals surface area contributed by atoms with E-state index in [1.807, 2.05) is 42.5 Å². The molecule has 1 saturated heterocycles. The molecular weight excluding hydrogens is 410 g/mol. The summed E-state index contributed by atoms with van der Waals surface area (Å²) in [6, 6.07) is 22.3. The second kappa shape index (κ2) is 10.6. The van der Waals surface area contributed by atoms with Gasteiger partial charge < -0.3 is 15.0 Å². The number of carbonyl (C=O) groups excluding carboxylic acids is 1. The summed E-state index contributed by atoms with van der Waals surface area (Å²) >= 11 is 6.06. The van der Waals surface area contributed by atoms with Gasteiger partial charge in [-0.2, -0.15) is 0 Å². The molecule has 1 atom stereocenters. The van der Waals surface area contributed by atoms with E-state index in [2.05, 4.69) is 39.5 Å². The molecule has 0 aliphatic carbocycles. The number of H-pyrrole nitrogens is 1. The molecule has 0 saturated carbocycles. The molecule has 31 heavy (non-hydrogen) atoms. The van der Waals surface area contributed by atoms with Crippen LogP contribution < -0.4 is 5.32 Å².